The fourth-order valence-electron chi connectivity index (χ4n) is 4.40. The van der Waals surface area contributed by atoms with Gasteiger partial charge in [-0.3, -0.25) is 9.59 Å². The molecule has 2 aliphatic rings. The molecule has 0 atom stereocenters. The van der Waals surface area contributed by atoms with Crippen molar-refractivity contribution in [1.82, 2.24) is 9.47 Å². The summed E-state index contributed by atoms with van der Waals surface area (Å²) >= 11 is 0. The van der Waals surface area contributed by atoms with Crippen molar-refractivity contribution >= 4 is 28.4 Å². The quantitative estimate of drug-likeness (QED) is 0.702. The van der Waals surface area contributed by atoms with Crippen molar-refractivity contribution in [2.24, 2.45) is 5.92 Å². The normalized spacial score (nSPS) is 16.0. The molecule has 3 aromatic rings. The number of aryl methyl sites for hydroxylation is 1. The molecule has 7 heteroatoms. The second-order valence-electron chi connectivity index (χ2n) is 8.14. The topological polar surface area (TPSA) is 72.8 Å². The van der Waals surface area contributed by atoms with E-state index in [0.29, 0.717) is 49.7 Å². The van der Waals surface area contributed by atoms with Gasteiger partial charge in [0.25, 0.3) is 0 Å². The first-order valence-corrected chi connectivity index (χ1v) is 10.6. The molecule has 5 rings (SSSR count). The lowest BCUT2D eigenvalue weighted by Crippen LogP contribution is -2.42. The van der Waals surface area contributed by atoms with E-state index < -0.39 is 0 Å². The molecular formula is C24H25N3O4. The molecule has 1 aromatic heterocycles. The van der Waals surface area contributed by atoms with Crippen molar-refractivity contribution in [3.05, 3.63) is 54.2 Å². The number of carbonyl (C=O) groups is 2. The summed E-state index contributed by atoms with van der Waals surface area (Å²) in [6.07, 6.45) is 1.32. The number of rotatable bonds is 4. The summed E-state index contributed by atoms with van der Waals surface area (Å²) in [5, 5.41) is 4.11. The number of piperidine rings is 1. The standard InChI is InChI=1S/C24H25N3O4/c1-16-12-18-4-2-3-5-20(18)27(16)14-23(28)26-10-8-17(9-11-26)24(29)25-19-6-7-21-22(13-19)31-15-30-21/h2-7,12-13,17H,8-11,14-15H2,1H3,(H,25,29). The highest BCUT2D eigenvalue weighted by Gasteiger charge is 2.28. The maximum Gasteiger partial charge on any atom is 0.242 e. The molecule has 3 heterocycles. The van der Waals surface area contributed by atoms with Crippen LogP contribution >= 0.6 is 0 Å². The fourth-order valence-corrected chi connectivity index (χ4v) is 4.40. The largest absolute Gasteiger partial charge is 0.454 e. The van der Waals surface area contributed by atoms with Crippen molar-refractivity contribution in [3.8, 4) is 11.5 Å². The van der Waals surface area contributed by atoms with E-state index in [1.165, 1.54) is 0 Å². The van der Waals surface area contributed by atoms with Gasteiger partial charge in [-0.1, -0.05) is 18.2 Å². The van der Waals surface area contributed by atoms with Gasteiger partial charge in [0.1, 0.15) is 6.54 Å². The van der Waals surface area contributed by atoms with E-state index in [0.717, 1.165) is 16.6 Å². The fraction of sp³-hybridized carbons (Fsp3) is 0.333. The Balaban J connectivity index is 1.17. The van der Waals surface area contributed by atoms with Gasteiger partial charge in [-0.15, -0.1) is 0 Å². The molecule has 1 fully saturated rings. The molecule has 31 heavy (non-hydrogen) atoms. The lowest BCUT2D eigenvalue weighted by molar-refractivity contribution is -0.135. The van der Waals surface area contributed by atoms with Crippen LogP contribution in [0.5, 0.6) is 11.5 Å². The number of ether oxygens (including phenoxy) is 2. The molecule has 1 saturated heterocycles. The first-order chi connectivity index (χ1) is 15.1. The van der Waals surface area contributed by atoms with Gasteiger partial charge in [-0.2, -0.15) is 0 Å². The number of hydrogen-bond acceptors (Lipinski definition) is 4. The van der Waals surface area contributed by atoms with Crippen molar-refractivity contribution in [1.29, 1.82) is 0 Å². The molecule has 1 N–H and O–H groups in total. The van der Waals surface area contributed by atoms with Crippen LogP contribution in [0.15, 0.2) is 48.5 Å². The summed E-state index contributed by atoms with van der Waals surface area (Å²) in [5.74, 6) is 1.31. The van der Waals surface area contributed by atoms with Crippen LogP contribution in [0, 0.1) is 12.8 Å². The molecular weight excluding hydrogens is 394 g/mol. The second kappa shape index (κ2) is 7.98. The monoisotopic (exact) mass is 419 g/mol. The van der Waals surface area contributed by atoms with Crippen molar-refractivity contribution in [3.63, 3.8) is 0 Å². The Bertz CT molecular complexity index is 1140. The third-order valence-corrected chi connectivity index (χ3v) is 6.17. The molecule has 0 aliphatic carbocycles. The molecule has 0 unspecified atom stereocenters. The summed E-state index contributed by atoms with van der Waals surface area (Å²) < 4.78 is 12.7. The number of likely N-dealkylation sites (tertiary alicyclic amines) is 1. The second-order valence-corrected chi connectivity index (χ2v) is 8.14. The number of anilines is 1. The molecule has 2 aliphatic heterocycles. The van der Waals surface area contributed by atoms with Crippen LogP contribution in [0.3, 0.4) is 0 Å². The zero-order chi connectivity index (χ0) is 21.4. The van der Waals surface area contributed by atoms with Gasteiger partial charge in [0, 0.05) is 42.0 Å². The molecule has 2 amide bonds. The van der Waals surface area contributed by atoms with Gasteiger partial charge < -0.3 is 24.3 Å². The Hall–Kier alpha value is -3.48. The van der Waals surface area contributed by atoms with Crippen LogP contribution in [-0.4, -0.2) is 41.2 Å². The molecule has 0 bridgehead atoms. The summed E-state index contributed by atoms with van der Waals surface area (Å²) in [7, 11) is 0. The minimum Gasteiger partial charge on any atom is -0.454 e. The zero-order valence-corrected chi connectivity index (χ0v) is 17.5. The van der Waals surface area contributed by atoms with Crippen molar-refractivity contribution in [2.45, 2.75) is 26.3 Å². The highest BCUT2D eigenvalue weighted by Crippen LogP contribution is 2.34. The van der Waals surface area contributed by atoms with E-state index in [1.54, 1.807) is 12.1 Å². The van der Waals surface area contributed by atoms with Crippen molar-refractivity contribution in [2.75, 3.05) is 25.2 Å². The van der Waals surface area contributed by atoms with Crippen LogP contribution < -0.4 is 14.8 Å². The van der Waals surface area contributed by atoms with Crippen LogP contribution in [0.1, 0.15) is 18.5 Å². The summed E-state index contributed by atoms with van der Waals surface area (Å²) in [6, 6.07) is 15.6. The molecule has 0 saturated carbocycles. The number of benzene rings is 2. The number of amides is 2. The van der Waals surface area contributed by atoms with E-state index in [-0.39, 0.29) is 24.5 Å². The summed E-state index contributed by atoms with van der Waals surface area (Å²) in [5.41, 5.74) is 2.85. The molecule has 0 radical (unpaired) electrons. The van der Waals surface area contributed by atoms with E-state index in [4.69, 9.17) is 9.47 Å². The maximum absolute atomic E-state index is 12.9. The predicted octanol–water partition coefficient (Wildman–Crippen LogP) is 3.56. The highest BCUT2D eigenvalue weighted by molar-refractivity contribution is 5.93. The number of nitrogens with one attached hydrogen (secondary N) is 1. The van der Waals surface area contributed by atoms with Gasteiger partial charge >= 0.3 is 0 Å². The first kappa shape index (κ1) is 19.5. The Morgan fingerprint density at radius 2 is 1.81 bits per heavy atom. The maximum atomic E-state index is 12.9. The van der Waals surface area contributed by atoms with E-state index in [2.05, 4.69) is 22.0 Å². The van der Waals surface area contributed by atoms with Crippen LogP contribution in [-0.2, 0) is 16.1 Å². The number of para-hydroxylation sites is 1. The van der Waals surface area contributed by atoms with Gasteiger partial charge in [0.05, 0.1) is 0 Å². The smallest absolute Gasteiger partial charge is 0.242 e. The Morgan fingerprint density at radius 3 is 2.65 bits per heavy atom. The number of hydrogen-bond donors (Lipinski definition) is 1. The molecule has 0 spiro atoms. The average molecular weight is 419 g/mol. The highest BCUT2D eigenvalue weighted by atomic mass is 16.7. The third-order valence-electron chi connectivity index (χ3n) is 6.17. The lowest BCUT2D eigenvalue weighted by atomic mass is 9.95. The van der Waals surface area contributed by atoms with E-state index in [1.807, 2.05) is 36.1 Å². The lowest BCUT2D eigenvalue weighted by Gasteiger charge is -2.31. The van der Waals surface area contributed by atoms with E-state index in [9.17, 15) is 9.59 Å². The average Bonchev–Trinajstić information content (AvgIpc) is 3.37. The third kappa shape index (κ3) is 3.83. The summed E-state index contributed by atoms with van der Waals surface area (Å²) in [4.78, 5) is 27.5. The van der Waals surface area contributed by atoms with Crippen LogP contribution in [0.2, 0.25) is 0 Å². The first-order valence-electron chi connectivity index (χ1n) is 10.6. The number of nitrogens with zero attached hydrogens (tertiary/aromatic N) is 2. The zero-order valence-electron chi connectivity index (χ0n) is 17.5. The minimum absolute atomic E-state index is 0.0155. The number of carbonyl (C=O) groups excluding carboxylic acids is 2. The predicted molar refractivity (Wildman–Crippen MR) is 117 cm³/mol. The van der Waals surface area contributed by atoms with Gasteiger partial charge in [0.2, 0.25) is 18.6 Å². The number of fused-ring (bicyclic) bond motifs is 2. The number of aromatic nitrogens is 1. The minimum atomic E-state index is -0.108. The van der Waals surface area contributed by atoms with Crippen molar-refractivity contribution < 1.29 is 19.1 Å². The van der Waals surface area contributed by atoms with Gasteiger partial charge in [-0.25, -0.2) is 0 Å². The summed E-state index contributed by atoms with van der Waals surface area (Å²) in [6.45, 7) is 3.75. The Kier molecular flexibility index (Phi) is 5.02. The van der Waals surface area contributed by atoms with E-state index >= 15 is 0 Å². The molecule has 160 valence electrons. The van der Waals surface area contributed by atoms with Gasteiger partial charge in [0.15, 0.2) is 11.5 Å². The van der Waals surface area contributed by atoms with Gasteiger partial charge in [-0.05, 0) is 49.4 Å². The Morgan fingerprint density at radius 1 is 1.03 bits per heavy atom. The van der Waals surface area contributed by atoms with Crippen LogP contribution in [0.4, 0.5) is 5.69 Å². The SMILES string of the molecule is Cc1cc2ccccc2n1CC(=O)N1CCC(C(=O)Nc2ccc3c(c2)OCO3)CC1. The van der Waals surface area contributed by atoms with Crippen LogP contribution in [0.25, 0.3) is 10.9 Å². The molecule has 7 nitrogen and oxygen atoms in total. The molecule has 2 aromatic carbocycles. The Labute approximate surface area is 180 Å².